The number of halogens is 4. The second-order valence-electron chi connectivity index (χ2n) is 4.31. The Morgan fingerprint density at radius 2 is 1.67 bits per heavy atom. The molecule has 0 fully saturated rings. The van der Waals surface area contributed by atoms with Crippen LogP contribution in [-0.2, 0) is 4.79 Å². The molecule has 0 amide bonds. The molecule has 1 aromatic rings. The van der Waals surface area contributed by atoms with E-state index >= 15 is 0 Å². The van der Waals surface area contributed by atoms with Gasteiger partial charge in [-0.2, -0.15) is 13.2 Å². The standard InChI is InChI=1S/C13H12ClF3O4/c14-6-10(19)12(21)8-3-1-7(2-4-8)9(18)5-11(20)13(15,16)17/h1-4,10,12,19,21H,5-6H2. The second-order valence-corrected chi connectivity index (χ2v) is 4.62. The number of benzene rings is 1. The molecule has 1 rings (SSSR count). The first kappa shape index (κ1) is 17.6. The number of hydrogen-bond donors (Lipinski definition) is 2. The van der Waals surface area contributed by atoms with Crippen LogP contribution in [0.2, 0.25) is 0 Å². The molecule has 0 heterocycles. The van der Waals surface area contributed by atoms with Crippen molar-refractivity contribution < 1.29 is 33.0 Å². The number of aliphatic hydroxyl groups excluding tert-OH is 2. The minimum atomic E-state index is -5.05. The Morgan fingerprint density at radius 3 is 2.10 bits per heavy atom. The smallest absolute Gasteiger partial charge is 0.389 e. The zero-order chi connectivity index (χ0) is 16.2. The quantitative estimate of drug-likeness (QED) is 0.477. The molecule has 0 aliphatic heterocycles. The predicted octanol–water partition coefficient (Wildman–Crippen LogP) is 2.02. The molecule has 0 aromatic heterocycles. The zero-order valence-electron chi connectivity index (χ0n) is 10.6. The van der Waals surface area contributed by atoms with Crippen LogP contribution in [0.15, 0.2) is 24.3 Å². The van der Waals surface area contributed by atoms with E-state index in [0.717, 1.165) is 0 Å². The molecule has 2 unspecified atom stereocenters. The van der Waals surface area contributed by atoms with Crippen molar-refractivity contribution in [3.8, 4) is 0 Å². The number of aliphatic hydroxyl groups is 2. The Balaban J connectivity index is 2.79. The fourth-order valence-corrected chi connectivity index (χ4v) is 1.69. The third-order valence-corrected chi connectivity index (χ3v) is 3.05. The van der Waals surface area contributed by atoms with E-state index in [1.54, 1.807) is 0 Å². The maximum absolute atomic E-state index is 12.0. The van der Waals surface area contributed by atoms with Crippen LogP contribution in [0, 0.1) is 0 Å². The van der Waals surface area contributed by atoms with Gasteiger partial charge in [-0.3, -0.25) is 9.59 Å². The summed E-state index contributed by atoms with van der Waals surface area (Å²) in [4.78, 5) is 22.2. The van der Waals surface area contributed by atoms with E-state index in [1.165, 1.54) is 24.3 Å². The van der Waals surface area contributed by atoms with E-state index < -0.39 is 36.4 Å². The first-order valence-corrected chi connectivity index (χ1v) is 6.35. The summed E-state index contributed by atoms with van der Waals surface area (Å²) < 4.78 is 36.1. The van der Waals surface area contributed by atoms with Gasteiger partial charge in [0.05, 0.1) is 18.4 Å². The molecule has 21 heavy (non-hydrogen) atoms. The van der Waals surface area contributed by atoms with E-state index in [9.17, 15) is 33.0 Å². The lowest BCUT2D eigenvalue weighted by molar-refractivity contribution is -0.170. The number of Topliss-reactive ketones (excluding diaryl/α,β-unsaturated/α-hetero) is 2. The van der Waals surface area contributed by atoms with Gasteiger partial charge in [0, 0.05) is 5.56 Å². The molecule has 1 aromatic carbocycles. The first-order chi connectivity index (χ1) is 9.66. The summed E-state index contributed by atoms with van der Waals surface area (Å²) in [6.45, 7) is 0. The number of carbonyl (C=O) groups excluding carboxylic acids is 2. The molecule has 4 nitrogen and oxygen atoms in total. The summed E-state index contributed by atoms with van der Waals surface area (Å²) in [5.41, 5.74) is 0.158. The maximum atomic E-state index is 12.0. The zero-order valence-corrected chi connectivity index (χ0v) is 11.4. The lowest BCUT2D eigenvalue weighted by atomic mass is 10.0. The van der Waals surface area contributed by atoms with Gasteiger partial charge in [0.1, 0.15) is 6.10 Å². The topological polar surface area (TPSA) is 74.6 Å². The van der Waals surface area contributed by atoms with Gasteiger partial charge in [-0.15, -0.1) is 11.6 Å². The Bertz CT molecular complexity index is 513. The van der Waals surface area contributed by atoms with Crippen LogP contribution < -0.4 is 0 Å². The minimum Gasteiger partial charge on any atom is -0.389 e. The fourth-order valence-electron chi connectivity index (χ4n) is 1.52. The predicted molar refractivity (Wildman–Crippen MR) is 68.1 cm³/mol. The molecule has 0 bridgehead atoms. The number of carbonyl (C=O) groups is 2. The molecule has 0 aliphatic rings. The molecule has 0 aliphatic carbocycles. The van der Waals surface area contributed by atoms with Crippen molar-refractivity contribution in [2.24, 2.45) is 0 Å². The molecular formula is C13H12ClF3O4. The van der Waals surface area contributed by atoms with Crippen LogP contribution in [-0.4, -0.2) is 39.9 Å². The van der Waals surface area contributed by atoms with Crippen molar-refractivity contribution in [3.63, 3.8) is 0 Å². The summed E-state index contributed by atoms with van der Waals surface area (Å²) in [5.74, 6) is -3.30. The maximum Gasteiger partial charge on any atom is 0.450 e. The molecule has 8 heteroatoms. The minimum absolute atomic E-state index is 0.0936. The summed E-state index contributed by atoms with van der Waals surface area (Å²) in [6.07, 6.45) is -8.80. The molecular weight excluding hydrogens is 313 g/mol. The monoisotopic (exact) mass is 324 g/mol. The van der Waals surface area contributed by atoms with Crippen molar-refractivity contribution in [2.45, 2.75) is 24.8 Å². The van der Waals surface area contributed by atoms with Gasteiger partial charge in [0.2, 0.25) is 5.78 Å². The van der Waals surface area contributed by atoms with Crippen molar-refractivity contribution in [2.75, 3.05) is 5.88 Å². The lowest BCUT2D eigenvalue weighted by Gasteiger charge is -2.15. The van der Waals surface area contributed by atoms with E-state index in [4.69, 9.17) is 11.6 Å². The molecule has 116 valence electrons. The highest BCUT2D eigenvalue weighted by molar-refractivity contribution is 6.18. The van der Waals surface area contributed by atoms with Gasteiger partial charge in [-0.05, 0) is 5.56 Å². The average Bonchev–Trinajstić information content (AvgIpc) is 2.44. The Morgan fingerprint density at radius 1 is 1.14 bits per heavy atom. The molecule has 0 radical (unpaired) electrons. The summed E-state index contributed by atoms with van der Waals surface area (Å²) in [5, 5.41) is 19.0. The first-order valence-electron chi connectivity index (χ1n) is 5.82. The van der Waals surface area contributed by atoms with Crippen LogP contribution in [0.1, 0.15) is 28.4 Å². The third-order valence-electron chi connectivity index (χ3n) is 2.73. The highest BCUT2D eigenvalue weighted by atomic mass is 35.5. The van der Waals surface area contributed by atoms with E-state index in [1.807, 2.05) is 0 Å². The van der Waals surface area contributed by atoms with Gasteiger partial charge < -0.3 is 10.2 Å². The number of ketones is 2. The van der Waals surface area contributed by atoms with Crippen LogP contribution in [0.25, 0.3) is 0 Å². The molecule has 0 saturated heterocycles. The fraction of sp³-hybridized carbons (Fsp3) is 0.385. The number of hydrogen-bond acceptors (Lipinski definition) is 4. The third kappa shape index (κ3) is 4.80. The van der Waals surface area contributed by atoms with E-state index in [-0.39, 0.29) is 17.0 Å². The van der Waals surface area contributed by atoms with Gasteiger partial charge in [-0.25, -0.2) is 0 Å². The van der Waals surface area contributed by atoms with Crippen molar-refractivity contribution in [1.29, 1.82) is 0 Å². The highest BCUT2D eigenvalue weighted by Crippen LogP contribution is 2.21. The van der Waals surface area contributed by atoms with Gasteiger partial charge in [0.25, 0.3) is 0 Å². The van der Waals surface area contributed by atoms with Gasteiger partial charge in [0.15, 0.2) is 5.78 Å². The molecule has 0 saturated carbocycles. The van der Waals surface area contributed by atoms with Crippen molar-refractivity contribution in [3.05, 3.63) is 35.4 Å². The van der Waals surface area contributed by atoms with E-state index in [2.05, 4.69) is 0 Å². The Kier molecular flexibility index (Phi) is 5.88. The summed E-state index contributed by atoms with van der Waals surface area (Å²) in [7, 11) is 0. The van der Waals surface area contributed by atoms with Crippen LogP contribution in [0.5, 0.6) is 0 Å². The van der Waals surface area contributed by atoms with Crippen molar-refractivity contribution in [1.82, 2.24) is 0 Å². The van der Waals surface area contributed by atoms with Crippen molar-refractivity contribution >= 4 is 23.2 Å². The van der Waals surface area contributed by atoms with Crippen LogP contribution in [0.4, 0.5) is 13.2 Å². The average molecular weight is 325 g/mol. The Labute approximate surface area is 123 Å². The Hall–Kier alpha value is -1.44. The summed E-state index contributed by atoms with van der Waals surface area (Å²) in [6, 6.07) is 4.88. The highest BCUT2D eigenvalue weighted by Gasteiger charge is 2.39. The normalized spacial score (nSPS) is 14.6. The molecule has 0 spiro atoms. The number of rotatable bonds is 6. The number of alkyl halides is 4. The van der Waals surface area contributed by atoms with Gasteiger partial charge in [-0.1, -0.05) is 24.3 Å². The molecule has 2 N–H and O–H groups in total. The van der Waals surface area contributed by atoms with Gasteiger partial charge >= 0.3 is 6.18 Å². The van der Waals surface area contributed by atoms with Crippen LogP contribution in [0.3, 0.4) is 0 Å². The second kappa shape index (κ2) is 7.02. The largest absolute Gasteiger partial charge is 0.450 e. The molecule has 2 atom stereocenters. The summed E-state index contributed by atoms with van der Waals surface area (Å²) >= 11 is 5.37. The van der Waals surface area contributed by atoms with Crippen LogP contribution >= 0.6 is 11.6 Å². The lowest BCUT2D eigenvalue weighted by Crippen LogP contribution is -2.25. The SMILES string of the molecule is O=C(CC(=O)C(F)(F)F)c1ccc(C(O)C(O)CCl)cc1. The van der Waals surface area contributed by atoms with E-state index in [0.29, 0.717) is 0 Å².